The molecule has 24 heavy (non-hydrogen) atoms. The summed E-state index contributed by atoms with van der Waals surface area (Å²) in [6.45, 7) is 0.788. The van der Waals surface area contributed by atoms with Gasteiger partial charge in [-0.3, -0.25) is 4.98 Å². The van der Waals surface area contributed by atoms with Crippen LogP contribution in [-0.4, -0.2) is 49.0 Å². The van der Waals surface area contributed by atoms with E-state index in [-0.39, 0.29) is 11.0 Å². The van der Waals surface area contributed by atoms with Gasteiger partial charge in [-0.1, -0.05) is 12.1 Å². The van der Waals surface area contributed by atoms with Crippen molar-refractivity contribution in [1.29, 1.82) is 0 Å². The fourth-order valence-electron chi connectivity index (χ4n) is 2.68. The molecule has 1 aliphatic heterocycles. The molecule has 0 bridgehead atoms. The zero-order valence-corrected chi connectivity index (χ0v) is 14.1. The van der Waals surface area contributed by atoms with Crippen LogP contribution in [0.25, 0.3) is 0 Å². The van der Waals surface area contributed by atoms with Gasteiger partial charge < -0.3 is 9.47 Å². The highest BCUT2D eigenvalue weighted by atomic mass is 32.2. The van der Waals surface area contributed by atoms with Crippen LogP contribution in [0.1, 0.15) is 12.8 Å². The van der Waals surface area contributed by atoms with Crippen LogP contribution in [0, 0.1) is 0 Å². The third-order valence-corrected chi connectivity index (χ3v) is 5.85. The smallest absolute Gasteiger partial charge is 0.246 e. The Morgan fingerprint density at radius 3 is 2.58 bits per heavy atom. The van der Waals surface area contributed by atoms with Gasteiger partial charge in [0.2, 0.25) is 15.9 Å². The van der Waals surface area contributed by atoms with E-state index in [1.807, 2.05) is 0 Å². The van der Waals surface area contributed by atoms with Gasteiger partial charge in [-0.05, 0) is 25.0 Å². The molecular weight excluding hydrogens is 330 g/mol. The van der Waals surface area contributed by atoms with Gasteiger partial charge in [0, 0.05) is 25.5 Å². The zero-order valence-electron chi connectivity index (χ0n) is 13.3. The first-order valence-electron chi connectivity index (χ1n) is 7.67. The fraction of sp³-hybridized carbons (Fsp3) is 0.375. The highest BCUT2D eigenvalue weighted by Crippen LogP contribution is 2.28. The summed E-state index contributed by atoms with van der Waals surface area (Å²) < 4.78 is 38.0. The van der Waals surface area contributed by atoms with Crippen LogP contribution in [0.5, 0.6) is 11.6 Å². The maximum atomic E-state index is 12.8. The minimum Gasteiger partial charge on any atom is -0.495 e. The Balaban J connectivity index is 1.67. The van der Waals surface area contributed by atoms with Gasteiger partial charge in [0.25, 0.3) is 0 Å². The van der Waals surface area contributed by atoms with Crippen LogP contribution < -0.4 is 9.47 Å². The number of methoxy groups -OCH3 is 1. The molecule has 1 aromatic heterocycles. The third kappa shape index (κ3) is 3.49. The molecule has 0 unspecified atom stereocenters. The van der Waals surface area contributed by atoms with Gasteiger partial charge in [-0.25, -0.2) is 13.4 Å². The molecule has 8 heteroatoms. The summed E-state index contributed by atoms with van der Waals surface area (Å²) in [5.74, 6) is 0.818. The molecule has 1 aliphatic rings. The number of para-hydroxylation sites is 1. The second-order valence-corrected chi connectivity index (χ2v) is 7.32. The average molecular weight is 349 g/mol. The lowest BCUT2D eigenvalue weighted by Gasteiger charge is -2.31. The Labute approximate surface area is 141 Å². The zero-order chi connectivity index (χ0) is 17.0. The van der Waals surface area contributed by atoms with E-state index in [1.165, 1.54) is 11.4 Å². The van der Waals surface area contributed by atoms with Gasteiger partial charge in [0.05, 0.1) is 13.3 Å². The number of rotatable bonds is 5. The third-order valence-electron chi connectivity index (χ3n) is 3.91. The Hall–Kier alpha value is -2.19. The molecule has 0 radical (unpaired) electrons. The van der Waals surface area contributed by atoms with Crippen LogP contribution in [0.15, 0.2) is 47.8 Å². The quantitative estimate of drug-likeness (QED) is 0.817. The SMILES string of the molecule is COc1ccccc1S(=O)(=O)N1CCC(Oc2cnccn2)CC1. The molecule has 0 spiro atoms. The highest BCUT2D eigenvalue weighted by Gasteiger charge is 2.32. The van der Waals surface area contributed by atoms with E-state index in [4.69, 9.17) is 9.47 Å². The molecule has 0 N–H and O–H groups in total. The second-order valence-electron chi connectivity index (χ2n) is 5.42. The topological polar surface area (TPSA) is 81.6 Å². The molecule has 2 aromatic rings. The maximum Gasteiger partial charge on any atom is 0.246 e. The standard InChI is InChI=1S/C16H19N3O4S/c1-22-14-4-2-3-5-15(14)24(20,21)19-10-6-13(7-11-19)23-16-12-17-8-9-18-16/h2-5,8-9,12-13H,6-7,10-11H2,1H3. The van der Waals surface area contributed by atoms with Gasteiger partial charge in [-0.15, -0.1) is 0 Å². The van der Waals surface area contributed by atoms with E-state index in [0.29, 0.717) is 37.6 Å². The molecular formula is C16H19N3O4S. The Kier molecular flexibility index (Phi) is 4.96. The molecule has 0 aliphatic carbocycles. The van der Waals surface area contributed by atoms with Crippen molar-refractivity contribution in [2.75, 3.05) is 20.2 Å². The molecule has 1 saturated heterocycles. The van der Waals surface area contributed by atoms with Crippen LogP contribution in [-0.2, 0) is 10.0 Å². The lowest BCUT2D eigenvalue weighted by atomic mass is 10.1. The summed E-state index contributed by atoms with van der Waals surface area (Å²) in [5, 5.41) is 0. The largest absolute Gasteiger partial charge is 0.495 e. The molecule has 7 nitrogen and oxygen atoms in total. The number of hydrogen-bond donors (Lipinski definition) is 0. The number of aromatic nitrogens is 2. The van der Waals surface area contributed by atoms with E-state index in [0.717, 1.165) is 0 Å². The van der Waals surface area contributed by atoms with E-state index >= 15 is 0 Å². The van der Waals surface area contributed by atoms with Crippen LogP contribution in [0.3, 0.4) is 0 Å². The van der Waals surface area contributed by atoms with E-state index in [1.54, 1.807) is 42.9 Å². The van der Waals surface area contributed by atoms with Gasteiger partial charge in [0.15, 0.2) is 0 Å². The van der Waals surface area contributed by atoms with Gasteiger partial charge >= 0.3 is 0 Å². The Bertz CT molecular complexity index is 775. The number of ether oxygens (including phenoxy) is 2. The van der Waals surface area contributed by atoms with E-state index in [2.05, 4.69) is 9.97 Å². The summed E-state index contributed by atoms with van der Waals surface area (Å²) in [6, 6.07) is 6.66. The van der Waals surface area contributed by atoms with Crippen molar-refractivity contribution in [2.24, 2.45) is 0 Å². The van der Waals surface area contributed by atoms with Crippen LogP contribution in [0.2, 0.25) is 0 Å². The normalized spacial score (nSPS) is 16.7. The summed E-state index contributed by atoms with van der Waals surface area (Å²) >= 11 is 0. The minimum atomic E-state index is -3.58. The molecule has 0 amide bonds. The molecule has 0 saturated carbocycles. The molecule has 0 atom stereocenters. The van der Waals surface area contributed by atoms with Crippen molar-refractivity contribution in [2.45, 2.75) is 23.8 Å². The number of nitrogens with zero attached hydrogens (tertiary/aromatic N) is 3. The lowest BCUT2D eigenvalue weighted by Crippen LogP contribution is -2.41. The van der Waals surface area contributed by atoms with Crippen molar-refractivity contribution < 1.29 is 17.9 Å². The second kappa shape index (κ2) is 7.14. The van der Waals surface area contributed by atoms with Crippen molar-refractivity contribution in [3.05, 3.63) is 42.9 Å². The minimum absolute atomic E-state index is 0.0641. The summed E-state index contributed by atoms with van der Waals surface area (Å²) in [5.41, 5.74) is 0. The molecule has 1 aromatic carbocycles. The lowest BCUT2D eigenvalue weighted by molar-refractivity contribution is 0.129. The number of benzene rings is 1. The fourth-order valence-corrected chi connectivity index (χ4v) is 4.30. The van der Waals surface area contributed by atoms with Crippen molar-refractivity contribution in [3.63, 3.8) is 0 Å². The van der Waals surface area contributed by atoms with Gasteiger partial charge in [0.1, 0.15) is 16.7 Å². The first-order valence-corrected chi connectivity index (χ1v) is 9.11. The number of sulfonamides is 1. The molecule has 2 heterocycles. The summed E-state index contributed by atoms with van der Waals surface area (Å²) in [7, 11) is -2.11. The summed E-state index contributed by atoms with van der Waals surface area (Å²) in [4.78, 5) is 8.23. The maximum absolute atomic E-state index is 12.8. The van der Waals surface area contributed by atoms with Crippen molar-refractivity contribution in [3.8, 4) is 11.6 Å². The predicted molar refractivity (Wildman–Crippen MR) is 87.4 cm³/mol. The van der Waals surface area contributed by atoms with Gasteiger partial charge in [-0.2, -0.15) is 4.31 Å². The predicted octanol–water partition coefficient (Wildman–Crippen LogP) is 1.72. The van der Waals surface area contributed by atoms with E-state index in [9.17, 15) is 8.42 Å². The van der Waals surface area contributed by atoms with Crippen LogP contribution in [0.4, 0.5) is 0 Å². The first kappa shape index (κ1) is 16.7. The van der Waals surface area contributed by atoms with Crippen molar-refractivity contribution in [1.82, 2.24) is 14.3 Å². The molecule has 1 fully saturated rings. The average Bonchev–Trinajstić information content (AvgIpc) is 2.63. The number of piperidine rings is 1. The van der Waals surface area contributed by atoms with Crippen LogP contribution >= 0.6 is 0 Å². The van der Waals surface area contributed by atoms with Crippen molar-refractivity contribution >= 4 is 10.0 Å². The van der Waals surface area contributed by atoms with E-state index < -0.39 is 10.0 Å². The number of hydrogen-bond acceptors (Lipinski definition) is 6. The highest BCUT2D eigenvalue weighted by molar-refractivity contribution is 7.89. The molecule has 128 valence electrons. The molecule has 3 rings (SSSR count). The first-order chi connectivity index (χ1) is 11.6. The monoisotopic (exact) mass is 349 g/mol. The Morgan fingerprint density at radius 2 is 1.92 bits per heavy atom. The Morgan fingerprint density at radius 1 is 1.17 bits per heavy atom. The summed E-state index contributed by atoms with van der Waals surface area (Å²) in [6.07, 6.45) is 5.84.